The lowest BCUT2D eigenvalue weighted by Gasteiger charge is -2.05. The molecule has 0 aliphatic carbocycles. The Labute approximate surface area is 161 Å². The molecule has 2 aromatic rings. The highest BCUT2D eigenvalue weighted by atomic mass is 16.6. The first kappa shape index (κ1) is 20.6. The normalized spacial score (nSPS) is 10.6. The van der Waals surface area contributed by atoms with E-state index in [2.05, 4.69) is 15.8 Å². The number of anilines is 1. The summed E-state index contributed by atoms with van der Waals surface area (Å²) in [6.07, 6.45) is 1.88. The molecule has 0 aliphatic rings. The van der Waals surface area contributed by atoms with E-state index >= 15 is 0 Å². The highest BCUT2D eigenvalue weighted by Gasteiger charge is 2.09. The van der Waals surface area contributed by atoms with Gasteiger partial charge in [0.2, 0.25) is 11.8 Å². The van der Waals surface area contributed by atoms with Crippen LogP contribution in [0.2, 0.25) is 0 Å². The number of aryl methyl sites for hydroxylation is 1. The maximum absolute atomic E-state index is 11.9. The quantitative estimate of drug-likeness (QED) is 0.365. The van der Waals surface area contributed by atoms with Gasteiger partial charge in [-0.1, -0.05) is 19.1 Å². The number of rotatable bonds is 8. The van der Waals surface area contributed by atoms with Gasteiger partial charge in [-0.2, -0.15) is 5.10 Å². The number of nitro benzene ring substituents is 1. The van der Waals surface area contributed by atoms with Gasteiger partial charge in [-0.05, 0) is 30.2 Å². The molecule has 0 aliphatic heterocycles. The van der Waals surface area contributed by atoms with Crippen molar-refractivity contribution in [2.75, 3.05) is 5.32 Å². The van der Waals surface area contributed by atoms with Gasteiger partial charge in [-0.15, -0.1) is 0 Å². The topological polar surface area (TPSA) is 134 Å². The summed E-state index contributed by atoms with van der Waals surface area (Å²) in [6, 6.07) is 10.9. The van der Waals surface area contributed by atoms with E-state index in [0.717, 1.165) is 30.3 Å². The van der Waals surface area contributed by atoms with E-state index in [-0.39, 0.29) is 35.7 Å². The van der Waals surface area contributed by atoms with Gasteiger partial charge in [0.15, 0.2) is 0 Å². The lowest BCUT2D eigenvalue weighted by molar-refractivity contribution is -0.384. The Balaban J connectivity index is 1.80. The van der Waals surface area contributed by atoms with Crippen molar-refractivity contribution in [1.82, 2.24) is 5.43 Å². The lowest BCUT2D eigenvalue weighted by Crippen LogP contribution is -2.20. The minimum Gasteiger partial charge on any atom is -0.507 e. The molecule has 0 spiro atoms. The number of non-ortho nitro benzene ring substituents is 1. The van der Waals surface area contributed by atoms with E-state index in [0.29, 0.717) is 5.69 Å². The molecule has 0 heterocycles. The Morgan fingerprint density at radius 1 is 1.14 bits per heavy atom. The molecule has 0 radical (unpaired) electrons. The Morgan fingerprint density at radius 3 is 2.46 bits per heavy atom. The summed E-state index contributed by atoms with van der Waals surface area (Å²) in [5.41, 5.74) is 3.89. The number of hydrazone groups is 1. The first-order chi connectivity index (χ1) is 13.4. The van der Waals surface area contributed by atoms with Crippen molar-refractivity contribution in [2.45, 2.75) is 26.2 Å². The van der Waals surface area contributed by atoms with E-state index in [9.17, 15) is 24.8 Å². The highest BCUT2D eigenvalue weighted by Crippen LogP contribution is 2.21. The summed E-state index contributed by atoms with van der Waals surface area (Å²) in [4.78, 5) is 33.8. The summed E-state index contributed by atoms with van der Waals surface area (Å²) < 4.78 is 0. The summed E-state index contributed by atoms with van der Waals surface area (Å²) in [5, 5.41) is 26.7. The van der Waals surface area contributed by atoms with Crippen LogP contribution in [0, 0.1) is 10.1 Å². The molecule has 0 unspecified atom stereocenters. The largest absolute Gasteiger partial charge is 0.507 e. The third-order valence-corrected chi connectivity index (χ3v) is 3.84. The highest BCUT2D eigenvalue weighted by molar-refractivity contribution is 5.93. The number of phenolic OH excluding ortho intramolecular Hbond substituents is 1. The second-order valence-corrected chi connectivity index (χ2v) is 5.89. The fourth-order valence-corrected chi connectivity index (χ4v) is 2.26. The molecule has 3 N–H and O–H groups in total. The Kier molecular flexibility index (Phi) is 7.21. The molecule has 2 aromatic carbocycles. The minimum atomic E-state index is -0.607. The van der Waals surface area contributed by atoms with Crippen LogP contribution in [0.5, 0.6) is 5.75 Å². The molecule has 0 bridgehead atoms. The van der Waals surface area contributed by atoms with Gasteiger partial charge in [-0.25, -0.2) is 5.43 Å². The van der Waals surface area contributed by atoms with Crippen LogP contribution >= 0.6 is 0 Å². The summed E-state index contributed by atoms with van der Waals surface area (Å²) in [6.45, 7) is 2.04. The molecule has 0 atom stereocenters. The maximum Gasteiger partial charge on any atom is 0.270 e. The molecule has 9 heteroatoms. The molecule has 0 saturated heterocycles. The molecular weight excluding hydrogens is 364 g/mol. The van der Waals surface area contributed by atoms with Gasteiger partial charge in [0.25, 0.3) is 5.69 Å². The smallest absolute Gasteiger partial charge is 0.270 e. The Hall–Kier alpha value is -3.75. The number of aromatic hydroxyl groups is 1. The van der Waals surface area contributed by atoms with Crippen LogP contribution in [0.1, 0.15) is 30.9 Å². The second-order valence-electron chi connectivity index (χ2n) is 5.89. The van der Waals surface area contributed by atoms with E-state index in [1.807, 2.05) is 19.1 Å². The Bertz CT molecular complexity index is 894. The fourth-order valence-electron chi connectivity index (χ4n) is 2.26. The average Bonchev–Trinajstić information content (AvgIpc) is 2.68. The van der Waals surface area contributed by atoms with Gasteiger partial charge >= 0.3 is 0 Å². The van der Waals surface area contributed by atoms with Crippen LogP contribution in [-0.4, -0.2) is 28.1 Å². The molecule has 2 rings (SSSR count). The average molecular weight is 384 g/mol. The van der Waals surface area contributed by atoms with Crippen molar-refractivity contribution in [3.05, 3.63) is 63.7 Å². The van der Waals surface area contributed by atoms with Crippen LogP contribution in [0.15, 0.2) is 47.6 Å². The van der Waals surface area contributed by atoms with E-state index in [1.54, 1.807) is 12.1 Å². The standard InChI is InChI=1S/C19H20N4O5/c1-2-13-3-5-15(6-4-13)21-18(25)9-10-19(26)22-20-12-14-11-16(23(27)28)7-8-17(14)24/h3-8,11-12,24H,2,9-10H2,1H3,(H,21,25)(H,22,26). The number of amides is 2. The summed E-state index contributed by atoms with van der Waals surface area (Å²) in [7, 11) is 0. The monoisotopic (exact) mass is 384 g/mol. The van der Waals surface area contributed by atoms with E-state index < -0.39 is 10.8 Å². The zero-order valence-electron chi connectivity index (χ0n) is 15.2. The maximum atomic E-state index is 11.9. The predicted octanol–water partition coefficient (Wildman–Crippen LogP) is 2.73. The number of nitro groups is 1. The fraction of sp³-hybridized carbons (Fsp3) is 0.211. The third kappa shape index (κ3) is 6.20. The van der Waals surface area contributed by atoms with Crippen molar-refractivity contribution in [1.29, 1.82) is 0 Å². The number of hydrogen-bond donors (Lipinski definition) is 3. The predicted molar refractivity (Wildman–Crippen MR) is 104 cm³/mol. The van der Waals surface area contributed by atoms with Gasteiger partial charge in [0.05, 0.1) is 11.1 Å². The van der Waals surface area contributed by atoms with Crippen LogP contribution in [0.25, 0.3) is 0 Å². The van der Waals surface area contributed by atoms with Gasteiger partial charge in [-0.3, -0.25) is 19.7 Å². The number of phenols is 1. The van der Waals surface area contributed by atoms with Crippen LogP contribution in [-0.2, 0) is 16.0 Å². The molecule has 0 aromatic heterocycles. The molecule has 0 fully saturated rings. The van der Waals surface area contributed by atoms with Gasteiger partial charge in [0, 0.05) is 36.2 Å². The lowest BCUT2D eigenvalue weighted by atomic mass is 10.1. The molecule has 0 saturated carbocycles. The Morgan fingerprint density at radius 2 is 1.82 bits per heavy atom. The van der Waals surface area contributed by atoms with Crippen molar-refractivity contribution in [2.24, 2.45) is 5.10 Å². The number of carbonyl (C=O) groups excluding carboxylic acids is 2. The number of nitrogens with zero attached hydrogens (tertiary/aromatic N) is 2. The molecular formula is C19H20N4O5. The molecule has 146 valence electrons. The molecule has 28 heavy (non-hydrogen) atoms. The number of nitrogens with one attached hydrogen (secondary N) is 2. The molecule has 9 nitrogen and oxygen atoms in total. The van der Waals surface area contributed by atoms with Crippen LogP contribution in [0.4, 0.5) is 11.4 Å². The third-order valence-electron chi connectivity index (χ3n) is 3.84. The first-order valence-electron chi connectivity index (χ1n) is 8.57. The van der Waals surface area contributed by atoms with Crippen molar-refractivity contribution >= 4 is 29.4 Å². The summed E-state index contributed by atoms with van der Waals surface area (Å²) >= 11 is 0. The minimum absolute atomic E-state index is 0.0288. The number of carbonyl (C=O) groups is 2. The zero-order valence-corrected chi connectivity index (χ0v) is 15.2. The van der Waals surface area contributed by atoms with Gasteiger partial charge < -0.3 is 10.4 Å². The van der Waals surface area contributed by atoms with Crippen molar-refractivity contribution in [3.8, 4) is 5.75 Å². The van der Waals surface area contributed by atoms with Gasteiger partial charge in [0.1, 0.15) is 5.75 Å². The SMILES string of the molecule is CCc1ccc(NC(=O)CCC(=O)NN=Cc2cc([N+](=O)[O-])ccc2O)cc1. The van der Waals surface area contributed by atoms with Crippen LogP contribution < -0.4 is 10.7 Å². The first-order valence-corrected chi connectivity index (χ1v) is 8.57. The second kappa shape index (κ2) is 9.81. The van der Waals surface area contributed by atoms with Crippen LogP contribution in [0.3, 0.4) is 0 Å². The number of hydrogen-bond acceptors (Lipinski definition) is 6. The number of benzene rings is 2. The zero-order chi connectivity index (χ0) is 20.5. The summed E-state index contributed by atoms with van der Waals surface area (Å²) in [5.74, 6) is -1.02. The van der Waals surface area contributed by atoms with Crippen molar-refractivity contribution < 1.29 is 19.6 Å². The van der Waals surface area contributed by atoms with E-state index in [4.69, 9.17) is 0 Å². The molecule has 2 amide bonds. The van der Waals surface area contributed by atoms with Crippen molar-refractivity contribution in [3.63, 3.8) is 0 Å². The van der Waals surface area contributed by atoms with E-state index in [1.165, 1.54) is 6.07 Å².